The van der Waals surface area contributed by atoms with E-state index >= 15 is 0 Å². The largest absolute Gasteiger partial charge is 0.338 e. The molecule has 2 heterocycles. The molecular weight excluding hydrogens is 272 g/mol. The van der Waals surface area contributed by atoms with E-state index in [4.69, 9.17) is 4.52 Å². The van der Waals surface area contributed by atoms with Crippen LogP contribution in [0.5, 0.6) is 0 Å². The van der Waals surface area contributed by atoms with Gasteiger partial charge in [0, 0.05) is 6.42 Å². The van der Waals surface area contributed by atoms with Crippen LogP contribution < -0.4 is 0 Å². The van der Waals surface area contributed by atoms with E-state index in [1.807, 2.05) is 32.2 Å². The molecule has 0 aliphatic rings. The highest BCUT2D eigenvalue weighted by molar-refractivity contribution is 7.18. The number of nitrogens with zero attached hydrogens (tertiary/aromatic N) is 4. The predicted molar refractivity (Wildman–Crippen MR) is 78.5 cm³/mol. The van der Waals surface area contributed by atoms with Crippen LogP contribution in [0.1, 0.15) is 23.6 Å². The first-order valence-electron chi connectivity index (χ1n) is 6.59. The number of benzene rings is 1. The van der Waals surface area contributed by atoms with E-state index < -0.39 is 0 Å². The molecule has 0 aliphatic heterocycles. The summed E-state index contributed by atoms with van der Waals surface area (Å²) in [4.78, 5) is 11.1. The molecule has 0 fully saturated rings. The zero-order chi connectivity index (χ0) is 13.9. The minimum atomic E-state index is 0.642. The number of aromatic nitrogens is 3. The molecule has 0 radical (unpaired) electrons. The SMILES string of the molecule is CCc1noc(CN(C)Cc2nc3ccccc3s2)n1. The first kappa shape index (κ1) is 13.2. The Bertz CT molecular complexity index is 673. The standard InChI is InChI=1S/C14H16N4OS/c1-3-12-16-13(19-17-12)8-18(2)9-14-15-10-6-4-5-7-11(10)20-14/h4-7H,3,8-9H2,1-2H3. The number of para-hydroxylation sites is 1. The topological polar surface area (TPSA) is 55.1 Å². The molecule has 5 nitrogen and oxygen atoms in total. The van der Waals surface area contributed by atoms with E-state index in [1.54, 1.807) is 11.3 Å². The quantitative estimate of drug-likeness (QED) is 0.722. The van der Waals surface area contributed by atoms with Gasteiger partial charge in [0.25, 0.3) is 0 Å². The van der Waals surface area contributed by atoms with Crippen molar-refractivity contribution < 1.29 is 4.52 Å². The number of aryl methyl sites for hydroxylation is 1. The van der Waals surface area contributed by atoms with Gasteiger partial charge in [-0.2, -0.15) is 4.98 Å². The molecule has 0 saturated heterocycles. The van der Waals surface area contributed by atoms with Crippen molar-refractivity contribution in [1.82, 2.24) is 20.0 Å². The van der Waals surface area contributed by atoms with Gasteiger partial charge in [0.05, 0.1) is 23.3 Å². The zero-order valence-electron chi connectivity index (χ0n) is 11.5. The third-order valence-corrected chi connectivity index (χ3v) is 4.00. The predicted octanol–water partition coefficient (Wildman–Crippen LogP) is 2.87. The van der Waals surface area contributed by atoms with Crippen LogP contribution in [0, 0.1) is 0 Å². The maximum atomic E-state index is 5.20. The first-order chi connectivity index (χ1) is 9.74. The van der Waals surface area contributed by atoms with Crippen LogP contribution in [-0.4, -0.2) is 27.1 Å². The Morgan fingerprint density at radius 1 is 1.20 bits per heavy atom. The third kappa shape index (κ3) is 2.86. The van der Waals surface area contributed by atoms with Crippen LogP contribution >= 0.6 is 11.3 Å². The van der Waals surface area contributed by atoms with Crippen molar-refractivity contribution in [3.05, 3.63) is 41.0 Å². The number of rotatable bonds is 5. The lowest BCUT2D eigenvalue weighted by molar-refractivity contribution is 0.260. The van der Waals surface area contributed by atoms with Gasteiger partial charge in [-0.1, -0.05) is 24.2 Å². The number of hydrogen-bond donors (Lipinski definition) is 0. The normalized spacial score (nSPS) is 11.6. The molecule has 3 aromatic rings. The van der Waals surface area contributed by atoms with Crippen molar-refractivity contribution in [3.8, 4) is 0 Å². The second-order valence-electron chi connectivity index (χ2n) is 4.71. The monoisotopic (exact) mass is 288 g/mol. The lowest BCUT2D eigenvalue weighted by Gasteiger charge is -2.11. The minimum Gasteiger partial charge on any atom is -0.338 e. The van der Waals surface area contributed by atoms with Crippen molar-refractivity contribution >= 4 is 21.6 Å². The molecule has 20 heavy (non-hydrogen) atoms. The summed E-state index contributed by atoms with van der Waals surface area (Å²) in [7, 11) is 2.03. The smallest absolute Gasteiger partial charge is 0.240 e. The van der Waals surface area contributed by atoms with Crippen LogP contribution in [0.4, 0.5) is 0 Å². The molecule has 0 N–H and O–H groups in total. The molecule has 0 unspecified atom stereocenters. The summed E-state index contributed by atoms with van der Waals surface area (Å²) in [6.45, 7) is 3.44. The molecule has 3 rings (SSSR count). The summed E-state index contributed by atoms with van der Waals surface area (Å²) in [5.74, 6) is 1.42. The highest BCUT2D eigenvalue weighted by atomic mass is 32.1. The molecule has 0 saturated carbocycles. The van der Waals surface area contributed by atoms with Gasteiger partial charge in [0.1, 0.15) is 5.01 Å². The van der Waals surface area contributed by atoms with E-state index in [9.17, 15) is 0 Å². The second-order valence-corrected chi connectivity index (χ2v) is 5.82. The molecular formula is C14H16N4OS. The van der Waals surface area contributed by atoms with Gasteiger partial charge in [0.15, 0.2) is 5.82 Å². The van der Waals surface area contributed by atoms with E-state index in [0.29, 0.717) is 12.4 Å². The molecule has 1 aromatic carbocycles. The Hall–Kier alpha value is -1.79. The molecule has 0 atom stereocenters. The lowest BCUT2D eigenvalue weighted by atomic mass is 10.3. The highest BCUT2D eigenvalue weighted by Gasteiger charge is 2.11. The second kappa shape index (κ2) is 5.68. The van der Waals surface area contributed by atoms with Crippen LogP contribution in [0.15, 0.2) is 28.8 Å². The Morgan fingerprint density at radius 2 is 2.05 bits per heavy atom. The number of fused-ring (bicyclic) bond motifs is 1. The molecule has 6 heteroatoms. The van der Waals surface area contributed by atoms with Crippen molar-refractivity contribution in [2.45, 2.75) is 26.4 Å². The summed E-state index contributed by atoms with van der Waals surface area (Å²) in [5, 5.41) is 5.00. The summed E-state index contributed by atoms with van der Waals surface area (Å²) in [6.07, 6.45) is 0.797. The van der Waals surface area contributed by atoms with Crippen molar-refractivity contribution in [3.63, 3.8) is 0 Å². The Labute approximate surface area is 121 Å². The lowest BCUT2D eigenvalue weighted by Crippen LogP contribution is -2.17. The van der Waals surface area contributed by atoms with Gasteiger partial charge in [0.2, 0.25) is 5.89 Å². The van der Waals surface area contributed by atoms with E-state index in [0.717, 1.165) is 29.3 Å². The Morgan fingerprint density at radius 3 is 2.80 bits per heavy atom. The van der Waals surface area contributed by atoms with Gasteiger partial charge >= 0.3 is 0 Å². The molecule has 2 aromatic heterocycles. The van der Waals surface area contributed by atoms with E-state index in [1.165, 1.54) is 4.70 Å². The minimum absolute atomic E-state index is 0.642. The van der Waals surface area contributed by atoms with E-state index in [-0.39, 0.29) is 0 Å². The van der Waals surface area contributed by atoms with Crippen molar-refractivity contribution in [1.29, 1.82) is 0 Å². The van der Waals surface area contributed by atoms with Crippen molar-refractivity contribution in [2.75, 3.05) is 7.05 Å². The third-order valence-electron chi connectivity index (χ3n) is 2.97. The fourth-order valence-corrected chi connectivity index (χ4v) is 3.05. The fraction of sp³-hybridized carbons (Fsp3) is 0.357. The van der Waals surface area contributed by atoms with Gasteiger partial charge in [-0.05, 0) is 19.2 Å². The summed E-state index contributed by atoms with van der Waals surface area (Å²) in [5.41, 5.74) is 1.06. The van der Waals surface area contributed by atoms with Crippen LogP contribution in [0.3, 0.4) is 0 Å². The summed E-state index contributed by atoms with van der Waals surface area (Å²) in [6, 6.07) is 8.20. The molecule has 0 amide bonds. The number of thiazole rings is 1. The van der Waals surface area contributed by atoms with Gasteiger partial charge in [-0.15, -0.1) is 11.3 Å². The van der Waals surface area contributed by atoms with Gasteiger partial charge in [-0.25, -0.2) is 4.98 Å². The summed E-state index contributed by atoms with van der Waals surface area (Å²) < 4.78 is 6.43. The molecule has 0 aliphatic carbocycles. The maximum Gasteiger partial charge on any atom is 0.240 e. The molecule has 0 spiro atoms. The van der Waals surface area contributed by atoms with Crippen LogP contribution in [-0.2, 0) is 19.5 Å². The highest BCUT2D eigenvalue weighted by Crippen LogP contribution is 2.22. The number of hydrogen-bond acceptors (Lipinski definition) is 6. The van der Waals surface area contributed by atoms with Crippen LogP contribution in [0.25, 0.3) is 10.2 Å². The zero-order valence-corrected chi connectivity index (χ0v) is 12.4. The van der Waals surface area contributed by atoms with Gasteiger partial charge < -0.3 is 4.52 Å². The average molecular weight is 288 g/mol. The fourth-order valence-electron chi connectivity index (χ4n) is 2.00. The van der Waals surface area contributed by atoms with Gasteiger partial charge in [-0.3, -0.25) is 4.90 Å². The molecule has 104 valence electrons. The first-order valence-corrected chi connectivity index (χ1v) is 7.40. The van der Waals surface area contributed by atoms with E-state index in [2.05, 4.69) is 26.1 Å². The maximum absolute atomic E-state index is 5.20. The Kier molecular flexibility index (Phi) is 3.75. The average Bonchev–Trinajstić information content (AvgIpc) is 3.04. The van der Waals surface area contributed by atoms with Crippen LogP contribution in [0.2, 0.25) is 0 Å². The molecule has 0 bridgehead atoms. The summed E-state index contributed by atoms with van der Waals surface area (Å²) >= 11 is 1.73. The van der Waals surface area contributed by atoms with Crippen molar-refractivity contribution in [2.24, 2.45) is 0 Å². The Balaban J connectivity index is 1.67.